The monoisotopic (exact) mass is 788 g/mol. The summed E-state index contributed by atoms with van der Waals surface area (Å²) in [5.41, 5.74) is -0.311. The third kappa shape index (κ3) is 38.9. The summed E-state index contributed by atoms with van der Waals surface area (Å²) in [5.74, 6) is -2.74. The Hall–Kier alpha value is -3.14. The molecule has 0 radical (unpaired) electrons. The minimum absolute atomic E-state index is 0.0403. The number of rotatable bonds is 39. The second-order valence-corrected chi connectivity index (χ2v) is 15.0. The Balaban J connectivity index is 3.67. The second kappa shape index (κ2) is 35.3. The Bertz CT molecular complexity index is 1050. The number of carboxylic acid groups (broad SMARTS) is 2. The van der Waals surface area contributed by atoms with E-state index in [0.29, 0.717) is 39.2 Å². The highest BCUT2D eigenvalue weighted by Gasteiger charge is 2.21. The summed E-state index contributed by atoms with van der Waals surface area (Å²) in [6.45, 7) is 7.46. The molecule has 0 rings (SSSR count). The van der Waals surface area contributed by atoms with Crippen LogP contribution in [0.25, 0.3) is 0 Å². The van der Waals surface area contributed by atoms with Crippen molar-refractivity contribution >= 4 is 35.4 Å². The Labute approximate surface area is 329 Å². The van der Waals surface area contributed by atoms with Crippen LogP contribution in [0.15, 0.2) is 0 Å². The quantitative estimate of drug-likeness (QED) is 0.0514. The molecular formula is C40H73N3O12. The van der Waals surface area contributed by atoms with Crippen molar-refractivity contribution in [2.75, 3.05) is 59.4 Å². The lowest BCUT2D eigenvalue weighted by Gasteiger charge is -2.20. The minimum atomic E-state index is -1.15. The number of carbonyl (C=O) groups excluding carboxylic acids is 4. The van der Waals surface area contributed by atoms with E-state index in [1.807, 2.05) is 20.8 Å². The first-order valence-electron chi connectivity index (χ1n) is 20.4. The van der Waals surface area contributed by atoms with E-state index < -0.39 is 18.0 Å². The van der Waals surface area contributed by atoms with Crippen LogP contribution in [0.3, 0.4) is 0 Å². The van der Waals surface area contributed by atoms with Gasteiger partial charge in [0.1, 0.15) is 25.0 Å². The average molecular weight is 788 g/mol. The summed E-state index contributed by atoms with van der Waals surface area (Å²) < 4.78 is 21.3. The molecule has 0 heterocycles. The molecule has 0 saturated carbocycles. The van der Waals surface area contributed by atoms with Crippen molar-refractivity contribution in [2.24, 2.45) is 0 Å². The Morgan fingerprint density at radius 1 is 0.509 bits per heavy atom. The van der Waals surface area contributed by atoms with Gasteiger partial charge in [0.05, 0.1) is 33.0 Å². The number of unbranched alkanes of at least 4 members (excludes halogenated alkanes) is 13. The SMILES string of the molecule is CC(C)(C)NC(=O)COCCOCCNC(=O)COCCOCCCC(=O)CCC(NC(=O)CCCCCCCCCCCCCCCCC(=O)O)C(=O)O. The first kappa shape index (κ1) is 51.9. The van der Waals surface area contributed by atoms with Gasteiger partial charge in [-0.25, -0.2) is 4.79 Å². The van der Waals surface area contributed by atoms with Gasteiger partial charge in [0, 0.05) is 44.4 Å². The lowest BCUT2D eigenvalue weighted by Crippen LogP contribution is -2.42. The number of ketones is 1. The largest absolute Gasteiger partial charge is 0.481 e. The smallest absolute Gasteiger partial charge is 0.326 e. The molecule has 320 valence electrons. The molecular weight excluding hydrogens is 714 g/mol. The van der Waals surface area contributed by atoms with Crippen molar-refractivity contribution in [3.05, 3.63) is 0 Å². The Morgan fingerprint density at radius 3 is 1.49 bits per heavy atom. The van der Waals surface area contributed by atoms with Gasteiger partial charge < -0.3 is 45.1 Å². The fourth-order valence-corrected chi connectivity index (χ4v) is 5.55. The van der Waals surface area contributed by atoms with Crippen LogP contribution in [0.5, 0.6) is 0 Å². The normalized spacial score (nSPS) is 11.9. The van der Waals surface area contributed by atoms with Crippen molar-refractivity contribution in [3.63, 3.8) is 0 Å². The summed E-state index contributed by atoms with van der Waals surface area (Å²) in [6.07, 6.45) is 16.5. The van der Waals surface area contributed by atoms with Gasteiger partial charge in [0.15, 0.2) is 0 Å². The average Bonchev–Trinajstić information content (AvgIpc) is 3.11. The van der Waals surface area contributed by atoms with E-state index in [-0.39, 0.29) is 94.2 Å². The van der Waals surface area contributed by atoms with Gasteiger partial charge in [-0.05, 0) is 46.5 Å². The molecule has 15 nitrogen and oxygen atoms in total. The van der Waals surface area contributed by atoms with Crippen LogP contribution in [0.4, 0.5) is 0 Å². The number of aliphatic carboxylic acids is 2. The molecule has 0 aliphatic heterocycles. The number of hydrogen-bond donors (Lipinski definition) is 5. The van der Waals surface area contributed by atoms with Crippen LogP contribution in [0.1, 0.15) is 149 Å². The molecule has 0 aliphatic rings. The zero-order chi connectivity index (χ0) is 41.0. The Morgan fingerprint density at radius 2 is 0.982 bits per heavy atom. The zero-order valence-corrected chi connectivity index (χ0v) is 34.1. The number of hydrogen-bond acceptors (Lipinski definition) is 10. The number of amides is 3. The molecule has 0 bridgehead atoms. The van der Waals surface area contributed by atoms with E-state index in [4.69, 9.17) is 24.1 Å². The molecule has 0 fully saturated rings. The zero-order valence-electron chi connectivity index (χ0n) is 34.1. The Kier molecular flexibility index (Phi) is 33.3. The third-order valence-electron chi connectivity index (χ3n) is 8.43. The van der Waals surface area contributed by atoms with Crippen molar-refractivity contribution in [1.82, 2.24) is 16.0 Å². The van der Waals surface area contributed by atoms with Crippen molar-refractivity contribution in [1.29, 1.82) is 0 Å². The summed E-state index contributed by atoms with van der Waals surface area (Å²) >= 11 is 0. The number of Topliss-reactive ketones (excluding diaryl/α,β-unsaturated/α-hetero) is 1. The first-order valence-corrected chi connectivity index (χ1v) is 20.4. The molecule has 1 atom stereocenters. The molecule has 0 aliphatic carbocycles. The molecule has 1 unspecified atom stereocenters. The van der Waals surface area contributed by atoms with Crippen LogP contribution in [-0.2, 0) is 47.7 Å². The van der Waals surface area contributed by atoms with Crippen LogP contribution < -0.4 is 16.0 Å². The van der Waals surface area contributed by atoms with Gasteiger partial charge >= 0.3 is 11.9 Å². The maximum atomic E-state index is 12.3. The van der Waals surface area contributed by atoms with Gasteiger partial charge in [-0.1, -0.05) is 77.0 Å². The number of carbonyl (C=O) groups is 6. The van der Waals surface area contributed by atoms with Gasteiger partial charge in [0.25, 0.3) is 0 Å². The lowest BCUT2D eigenvalue weighted by atomic mass is 10.0. The molecule has 0 aromatic carbocycles. The van der Waals surface area contributed by atoms with Gasteiger partial charge in [-0.15, -0.1) is 0 Å². The fourth-order valence-electron chi connectivity index (χ4n) is 5.55. The molecule has 15 heteroatoms. The lowest BCUT2D eigenvalue weighted by molar-refractivity contribution is -0.142. The number of nitrogens with one attached hydrogen (secondary N) is 3. The second-order valence-electron chi connectivity index (χ2n) is 15.0. The molecule has 3 amide bonds. The molecule has 0 aromatic heterocycles. The number of carboxylic acids is 2. The maximum absolute atomic E-state index is 12.3. The summed E-state index contributed by atoms with van der Waals surface area (Å²) in [6, 6.07) is -1.09. The van der Waals surface area contributed by atoms with E-state index in [0.717, 1.165) is 38.5 Å². The highest BCUT2D eigenvalue weighted by atomic mass is 16.5. The van der Waals surface area contributed by atoms with E-state index in [1.165, 1.54) is 44.9 Å². The van der Waals surface area contributed by atoms with E-state index in [1.54, 1.807) is 0 Å². The van der Waals surface area contributed by atoms with Gasteiger partial charge in [0.2, 0.25) is 17.7 Å². The molecule has 55 heavy (non-hydrogen) atoms. The summed E-state index contributed by atoms with van der Waals surface area (Å²) in [7, 11) is 0. The maximum Gasteiger partial charge on any atom is 0.326 e. The van der Waals surface area contributed by atoms with E-state index >= 15 is 0 Å². The van der Waals surface area contributed by atoms with Crippen molar-refractivity contribution in [3.8, 4) is 0 Å². The summed E-state index contributed by atoms with van der Waals surface area (Å²) in [4.78, 5) is 70.2. The number of ether oxygens (including phenoxy) is 4. The van der Waals surface area contributed by atoms with Gasteiger partial charge in [-0.3, -0.25) is 24.0 Å². The molecule has 0 aromatic rings. The van der Waals surface area contributed by atoms with Crippen LogP contribution in [-0.4, -0.2) is 117 Å². The van der Waals surface area contributed by atoms with Crippen LogP contribution in [0.2, 0.25) is 0 Å². The van der Waals surface area contributed by atoms with Gasteiger partial charge in [-0.2, -0.15) is 0 Å². The standard InChI is InChI=1S/C40H73N3O12/c1-40(2,3)43-37(47)32-55-30-28-53-26-24-41-36(46)31-54-29-27-52-25-18-19-33(44)22-23-34(39(50)51)42-35(45)20-16-14-12-10-8-6-4-5-7-9-11-13-15-17-21-38(48)49/h34H,4-32H2,1-3H3,(H,41,46)(H,42,45)(H,43,47)(H,48,49)(H,50,51). The minimum Gasteiger partial charge on any atom is -0.481 e. The highest BCUT2D eigenvalue weighted by Crippen LogP contribution is 2.14. The van der Waals surface area contributed by atoms with Crippen LogP contribution in [0, 0.1) is 0 Å². The van der Waals surface area contributed by atoms with Crippen molar-refractivity contribution < 1.29 is 57.9 Å². The fraction of sp³-hybridized carbons (Fsp3) is 0.850. The third-order valence-corrected chi connectivity index (χ3v) is 8.43. The van der Waals surface area contributed by atoms with Crippen LogP contribution >= 0.6 is 0 Å². The van der Waals surface area contributed by atoms with E-state index in [9.17, 15) is 33.9 Å². The van der Waals surface area contributed by atoms with Crippen molar-refractivity contribution in [2.45, 2.75) is 161 Å². The van der Waals surface area contributed by atoms with E-state index in [2.05, 4.69) is 16.0 Å². The predicted octanol–water partition coefficient (Wildman–Crippen LogP) is 5.11. The highest BCUT2D eigenvalue weighted by molar-refractivity contribution is 5.84. The predicted molar refractivity (Wildman–Crippen MR) is 209 cm³/mol. The molecule has 0 spiro atoms. The summed E-state index contributed by atoms with van der Waals surface area (Å²) in [5, 5.41) is 26.2. The topological polar surface area (TPSA) is 216 Å². The first-order chi connectivity index (χ1) is 26.3. The molecule has 0 saturated heterocycles. The molecule has 5 N–H and O–H groups in total.